The predicted molar refractivity (Wildman–Crippen MR) is 143 cm³/mol. The van der Waals surface area contributed by atoms with Crippen LogP contribution in [0.1, 0.15) is 25.0 Å². The van der Waals surface area contributed by atoms with Gasteiger partial charge in [0.2, 0.25) is 0 Å². The molecule has 0 amide bonds. The Balaban J connectivity index is 1.77. The summed E-state index contributed by atoms with van der Waals surface area (Å²) in [6, 6.07) is 29.5. The molecule has 0 unspecified atom stereocenters. The van der Waals surface area contributed by atoms with Crippen LogP contribution < -0.4 is 14.7 Å². The maximum atomic E-state index is 9.00. The van der Waals surface area contributed by atoms with Crippen molar-refractivity contribution in [2.24, 2.45) is 0 Å². The van der Waals surface area contributed by atoms with Gasteiger partial charge in [0.15, 0.2) is 6.26 Å². The van der Waals surface area contributed by atoms with E-state index in [0.29, 0.717) is 5.75 Å². The van der Waals surface area contributed by atoms with Gasteiger partial charge in [-0.25, -0.2) is 0 Å². The summed E-state index contributed by atoms with van der Waals surface area (Å²) in [6.45, 7) is 4.43. The van der Waals surface area contributed by atoms with Crippen LogP contribution >= 0.6 is 6.26 Å². The van der Waals surface area contributed by atoms with E-state index in [9.17, 15) is 0 Å². The lowest BCUT2D eigenvalue weighted by molar-refractivity contribution is 0.619. The van der Waals surface area contributed by atoms with E-state index >= 15 is 0 Å². The van der Waals surface area contributed by atoms with Crippen LogP contribution in [0.25, 0.3) is 6.08 Å². The molecule has 1 atom stereocenters. The Morgan fingerprint density at radius 3 is 2.18 bits per heavy atom. The Kier molecular flexibility index (Phi) is 6.45. The lowest BCUT2D eigenvalue weighted by atomic mass is 9.84. The third kappa shape index (κ3) is 4.42. The number of anilines is 1. The Labute approximate surface area is 206 Å². The summed E-state index contributed by atoms with van der Waals surface area (Å²) in [7, 11) is 2.08. The first-order chi connectivity index (χ1) is 16.3. The normalized spacial score (nSPS) is 16.6. The van der Waals surface area contributed by atoms with Crippen molar-refractivity contribution in [1.29, 1.82) is 10.5 Å². The highest BCUT2D eigenvalue weighted by Gasteiger charge is 2.40. The Morgan fingerprint density at radius 2 is 1.56 bits per heavy atom. The summed E-state index contributed by atoms with van der Waals surface area (Å²) in [6.07, 6.45) is -1.09. The van der Waals surface area contributed by atoms with Gasteiger partial charge in [-0.1, -0.05) is 74.5 Å². The zero-order chi connectivity index (χ0) is 24.3. The molecular formula is C28H24N3OPS. The molecule has 34 heavy (non-hydrogen) atoms. The molecular weight excluding hydrogens is 457 g/mol. The summed E-state index contributed by atoms with van der Waals surface area (Å²) in [4.78, 5) is 2.21. The molecule has 0 aromatic heterocycles. The van der Waals surface area contributed by atoms with Crippen molar-refractivity contribution >= 4 is 35.1 Å². The van der Waals surface area contributed by atoms with Gasteiger partial charge in [-0.05, 0) is 47.2 Å². The first-order valence-corrected chi connectivity index (χ1v) is 13.6. The molecule has 0 spiro atoms. The number of allylic oxidation sites excluding steroid dienone is 2. The van der Waals surface area contributed by atoms with Crippen LogP contribution in [0.4, 0.5) is 5.69 Å². The van der Waals surface area contributed by atoms with Crippen LogP contribution in [0.15, 0.2) is 96.0 Å². The largest absolute Gasteiger partial charge is 0.458 e. The van der Waals surface area contributed by atoms with E-state index in [-0.39, 0.29) is 11.0 Å². The third-order valence-corrected chi connectivity index (χ3v) is 9.28. The van der Waals surface area contributed by atoms with Crippen LogP contribution in [-0.2, 0) is 17.2 Å². The number of fused-ring (bicyclic) bond motifs is 1. The fourth-order valence-electron chi connectivity index (χ4n) is 4.22. The maximum absolute atomic E-state index is 9.00. The number of nitrogens with zero attached hydrogens (tertiary/aromatic N) is 3. The smallest absolute Gasteiger partial charge is 0.166 e. The topological polar surface area (TPSA) is 60.0 Å². The zero-order valence-electron chi connectivity index (χ0n) is 19.3. The average Bonchev–Trinajstić information content (AvgIpc) is 3.05. The molecule has 0 saturated heterocycles. The van der Waals surface area contributed by atoms with Crippen molar-refractivity contribution in [2.45, 2.75) is 19.3 Å². The van der Waals surface area contributed by atoms with Crippen molar-refractivity contribution < 1.29 is 4.52 Å². The van der Waals surface area contributed by atoms with Crippen molar-refractivity contribution in [3.63, 3.8) is 0 Å². The van der Waals surface area contributed by atoms with Gasteiger partial charge in [0, 0.05) is 35.0 Å². The van der Waals surface area contributed by atoms with Crippen LogP contribution in [0, 0.1) is 22.7 Å². The minimum absolute atomic E-state index is 0.0545. The van der Waals surface area contributed by atoms with E-state index in [1.54, 1.807) is 6.08 Å². The highest BCUT2D eigenvalue weighted by Crippen LogP contribution is 2.55. The summed E-state index contributed by atoms with van der Waals surface area (Å²) in [5, 5.41) is 19.0. The van der Waals surface area contributed by atoms with Gasteiger partial charge in [0.25, 0.3) is 0 Å². The predicted octanol–water partition coefficient (Wildman–Crippen LogP) is 6.48. The van der Waals surface area contributed by atoms with Crippen molar-refractivity contribution in [2.75, 3.05) is 11.9 Å². The average molecular weight is 482 g/mol. The van der Waals surface area contributed by atoms with Crippen molar-refractivity contribution in [3.05, 3.63) is 107 Å². The SMILES string of the molecule is CN1/C(=C/[P@](=S)(Oc2ccc(C=C(C#N)C#N)cc2)c2ccccc2)C(C)(C)c2ccccc21. The molecule has 168 valence electrons. The number of hydrogen-bond acceptors (Lipinski definition) is 5. The number of para-hydroxylation sites is 1. The second kappa shape index (κ2) is 9.32. The third-order valence-electron chi connectivity index (χ3n) is 6.02. The van der Waals surface area contributed by atoms with Gasteiger partial charge in [0.1, 0.15) is 23.5 Å². The maximum Gasteiger partial charge on any atom is 0.166 e. The number of rotatable bonds is 5. The van der Waals surface area contributed by atoms with E-state index in [0.717, 1.165) is 16.6 Å². The lowest BCUT2D eigenvalue weighted by Crippen LogP contribution is -2.24. The molecule has 3 aromatic rings. The van der Waals surface area contributed by atoms with E-state index in [2.05, 4.69) is 55.9 Å². The fourth-order valence-corrected chi connectivity index (χ4v) is 7.29. The fraction of sp³-hybridized carbons (Fsp3) is 0.143. The highest BCUT2D eigenvalue weighted by molar-refractivity contribution is 8.17. The minimum atomic E-state index is -2.63. The number of benzene rings is 3. The van der Waals surface area contributed by atoms with Crippen molar-refractivity contribution in [1.82, 2.24) is 0 Å². The van der Waals surface area contributed by atoms with Crippen LogP contribution in [0.3, 0.4) is 0 Å². The molecule has 1 heterocycles. The molecule has 0 fully saturated rings. The van der Waals surface area contributed by atoms with Crippen LogP contribution in [0.2, 0.25) is 0 Å². The Bertz CT molecular complexity index is 1390. The summed E-state index contributed by atoms with van der Waals surface area (Å²) in [5.74, 6) is 2.79. The lowest BCUT2D eigenvalue weighted by Gasteiger charge is -2.28. The van der Waals surface area contributed by atoms with Gasteiger partial charge in [-0.2, -0.15) is 10.5 Å². The van der Waals surface area contributed by atoms with E-state index in [4.69, 9.17) is 26.9 Å². The Morgan fingerprint density at radius 1 is 0.941 bits per heavy atom. The van der Waals surface area contributed by atoms with Crippen molar-refractivity contribution in [3.8, 4) is 17.9 Å². The van der Waals surface area contributed by atoms with Gasteiger partial charge in [0.05, 0.1) is 0 Å². The van der Waals surface area contributed by atoms with Crippen LogP contribution in [-0.4, -0.2) is 7.05 Å². The van der Waals surface area contributed by atoms with Gasteiger partial charge < -0.3 is 9.42 Å². The van der Waals surface area contributed by atoms with E-state index in [1.807, 2.05) is 66.7 Å². The van der Waals surface area contributed by atoms with E-state index < -0.39 is 6.26 Å². The van der Waals surface area contributed by atoms with E-state index in [1.165, 1.54) is 11.3 Å². The molecule has 4 nitrogen and oxygen atoms in total. The molecule has 0 bridgehead atoms. The molecule has 3 aromatic carbocycles. The molecule has 1 aliphatic rings. The molecule has 0 saturated carbocycles. The van der Waals surface area contributed by atoms with Gasteiger partial charge in [-0.15, -0.1) is 0 Å². The second-order valence-corrected chi connectivity index (χ2v) is 12.4. The summed E-state index contributed by atoms with van der Waals surface area (Å²) in [5.41, 5.74) is 4.15. The molecule has 1 aliphatic heterocycles. The summed E-state index contributed by atoms with van der Waals surface area (Å²) < 4.78 is 6.58. The minimum Gasteiger partial charge on any atom is -0.458 e. The first-order valence-electron chi connectivity index (χ1n) is 10.8. The number of hydrogen-bond donors (Lipinski definition) is 0. The number of nitriles is 2. The quantitative estimate of drug-likeness (QED) is 0.308. The molecule has 4 rings (SSSR count). The standard InChI is InChI=1S/C28H24N3OPS/c1-28(2)25-11-7-8-12-26(25)31(3)27(28)20-33(34,24-9-5-4-6-10-24)32-23-15-13-21(14-16-23)17-22(18-29)19-30/h4-17,20H,1-3H3/b27-20+/t33-/m1/s1. The monoisotopic (exact) mass is 481 g/mol. The van der Waals surface area contributed by atoms with Crippen LogP contribution in [0.5, 0.6) is 5.75 Å². The molecule has 0 N–H and O–H groups in total. The molecule has 0 aliphatic carbocycles. The molecule has 6 heteroatoms. The zero-order valence-corrected chi connectivity index (χ0v) is 21.0. The summed E-state index contributed by atoms with van der Waals surface area (Å²) >= 11 is 6.28. The molecule has 0 radical (unpaired) electrons. The highest BCUT2D eigenvalue weighted by atomic mass is 32.4. The van der Waals surface area contributed by atoms with Gasteiger partial charge in [-0.3, -0.25) is 0 Å². The second-order valence-electron chi connectivity index (χ2n) is 8.59. The Hall–Kier alpha value is -3.63. The first kappa shape index (κ1) is 23.5. The number of likely N-dealkylation sites (N-methyl/N-ethyl adjacent to an activating group) is 1. The van der Waals surface area contributed by atoms with Gasteiger partial charge >= 0.3 is 0 Å².